The number of likely N-dealkylation sites (tertiary alicyclic amines) is 2. The minimum absolute atomic E-state index is 0.0668. The molecule has 3 fully saturated rings. The molecule has 2 saturated heterocycles. The summed E-state index contributed by atoms with van der Waals surface area (Å²) in [6, 6.07) is 2.22. The number of rotatable bonds is 5. The third-order valence-electron chi connectivity index (χ3n) is 7.31. The number of phenolic OH excluding ortho intramolecular Hbond substituents is 1. The van der Waals surface area contributed by atoms with Crippen molar-refractivity contribution in [3.8, 4) is 5.75 Å². The van der Waals surface area contributed by atoms with Gasteiger partial charge in [0.2, 0.25) is 10.0 Å². The number of benzene rings is 1. The summed E-state index contributed by atoms with van der Waals surface area (Å²) in [5.41, 5.74) is -0.646. The SMILES string of the molecule is CC(C)(C)OC(=O)N1CC2(C1)CN(C(=O)c1nccn1C1CC[C@@H](NS(=O)(=O)c3cc(Br)cc(Cl)c3O)C1)C2. The Morgan fingerprint density at radius 1 is 1.18 bits per heavy atom. The Kier molecular flexibility index (Phi) is 7.18. The molecule has 2 amide bonds. The van der Waals surface area contributed by atoms with Crippen molar-refractivity contribution in [2.24, 2.45) is 5.41 Å². The lowest BCUT2D eigenvalue weighted by Crippen LogP contribution is -2.73. The van der Waals surface area contributed by atoms with Crippen molar-refractivity contribution in [1.82, 2.24) is 24.1 Å². The monoisotopic (exact) mass is 643 g/mol. The Morgan fingerprint density at radius 2 is 1.85 bits per heavy atom. The van der Waals surface area contributed by atoms with Gasteiger partial charge in [-0.15, -0.1) is 0 Å². The number of ether oxygens (including phenoxy) is 1. The lowest BCUT2D eigenvalue weighted by molar-refractivity contribution is -0.0984. The zero-order chi connectivity index (χ0) is 28.3. The standard InChI is InChI=1S/C25H31BrClN5O6S/c1-24(2,3)38-23(35)31-13-25(14-31)11-30(12-25)22(34)21-28-6-7-32(21)17-5-4-16(10-17)29-39(36,37)19-9-15(26)8-18(27)20(19)33/h6-9,16-17,29,33H,4-5,10-14H2,1-3H3/t16-,17?/m1/s1. The van der Waals surface area contributed by atoms with Crippen molar-refractivity contribution in [1.29, 1.82) is 0 Å². The van der Waals surface area contributed by atoms with E-state index in [-0.39, 0.29) is 39.4 Å². The van der Waals surface area contributed by atoms with Crippen LogP contribution in [0.1, 0.15) is 56.7 Å². The average Bonchev–Trinajstić information content (AvgIpc) is 3.41. The topological polar surface area (TPSA) is 134 Å². The quantitative estimate of drug-likeness (QED) is 0.506. The van der Waals surface area contributed by atoms with Crippen molar-refractivity contribution in [3.05, 3.63) is 39.8 Å². The van der Waals surface area contributed by atoms with Gasteiger partial charge in [0.15, 0.2) is 11.6 Å². The van der Waals surface area contributed by atoms with Gasteiger partial charge in [-0.3, -0.25) is 4.79 Å². The molecule has 39 heavy (non-hydrogen) atoms. The Bertz CT molecular complexity index is 1410. The summed E-state index contributed by atoms with van der Waals surface area (Å²) in [7, 11) is -4.03. The second kappa shape index (κ2) is 9.93. The number of halogens is 2. The number of nitrogens with zero attached hydrogens (tertiary/aromatic N) is 4. The van der Waals surface area contributed by atoms with E-state index in [1.165, 1.54) is 12.1 Å². The Hall–Kier alpha value is -2.35. The first-order chi connectivity index (χ1) is 18.2. The first-order valence-corrected chi connectivity index (χ1v) is 15.3. The largest absolute Gasteiger partial charge is 0.505 e. The molecule has 1 spiro atoms. The minimum Gasteiger partial charge on any atom is -0.505 e. The van der Waals surface area contributed by atoms with Gasteiger partial charge in [-0.05, 0) is 52.2 Å². The molecule has 212 valence electrons. The Balaban J connectivity index is 1.18. The predicted molar refractivity (Wildman–Crippen MR) is 146 cm³/mol. The summed E-state index contributed by atoms with van der Waals surface area (Å²) in [5.74, 6) is -0.366. The number of imidazole rings is 1. The summed E-state index contributed by atoms with van der Waals surface area (Å²) in [4.78, 5) is 32.9. The number of aromatic nitrogens is 2. The van der Waals surface area contributed by atoms with Gasteiger partial charge in [0.05, 0.1) is 5.02 Å². The van der Waals surface area contributed by atoms with Gasteiger partial charge in [-0.1, -0.05) is 27.5 Å². The third-order valence-corrected chi connectivity index (χ3v) is 9.59. The maximum Gasteiger partial charge on any atom is 0.410 e. The molecule has 2 atom stereocenters. The van der Waals surface area contributed by atoms with Crippen molar-refractivity contribution < 1.29 is 27.9 Å². The predicted octanol–water partition coefficient (Wildman–Crippen LogP) is 3.77. The van der Waals surface area contributed by atoms with Crippen LogP contribution in [0.5, 0.6) is 5.75 Å². The highest BCUT2D eigenvalue weighted by Crippen LogP contribution is 2.41. The summed E-state index contributed by atoms with van der Waals surface area (Å²) in [6.07, 6.45) is 4.67. The number of aromatic hydroxyl groups is 1. The first kappa shape index (κ1) is 28.2. The van der Waals surface area contributed by atoms with Crippen molar-refractivity contribution in [2.45, 2.75) is 62.6 Å². The highest BCUT2D eigenvalue weighted by atomic mass is 79.9. The van der Waals surface area contributed by atoms with Crippen LogP contribution in [-0.4, -0.2) is 82.7 Å². The van der Waals surface area contributed by atoms with Gasteiger partial charge in [-0.25, -0.2) is 22.9 Å². The summed E-state index contributed by atoms with van der Waals surface area (Å²) >= 11 is 9.16. The molecule has 1 unspecified atom stereocenters. The average molecular weight is 645 g/mol. The second-order valence-electron chi connectivity index (χ2n) is 11.7. The fourth-order valence-electron chi connectivity index (χ4n) is 5.59. The Labute approximate surface area is 240 Å². The van der Waals surface area contributed by atoms with E-state index in [0.29, 0.717) is 55.7 Å². The van der Waals surface area contributed by atoms with Crippen LogP contribution in [0.2, 0.25) is 5.02 Å². The van der Waals surface area contributed by atoms with Gasteiger partial charge < -0.3 is 24.2 Å². The number of hydrogen-bond donors (Lipinski definition) is 2. The van der Waals surface area contributed by atoms with E-state index < -0.39 is 21.4 Å². The van der Waals surface area contributed by atoms with E-state index in [1.807, 2.05) is 25.3 Å². The lowest BCUT2D eigenvalue weighted by atomic mass is 9.73. The van der Waals surface area contributed by atoms with Crippen LogP contribution in [0.15, 0.2) is 33.9 Å². The molecular weight excluding hydrogens is 614 g/mol. The van der Waals surface area contributed by atoms with Gasteiger partial charge in [0.1, 0.15) is 10.5 Å². The van der Waals surface area contributed by atoms with Gasteiger partial charge in [-0.2, -0.15) is 0 Å². The summed E-state index contributed by atoms with van der Waals surface area (Å²) < 4.78 is 36.3. The second-order valence-corrected chi connectivity index (χ2v) is 14.7. The van der Waals surface area contributed by atoms with E-state index in [9.17, 15) is 23.1 Å². The van der Waals surface area contributed by atoms with Crippen LogP contribution in [0.4, 0.5) is 4.79 Å². The van der Waals surface area contributed by atoms with E-state index in [1.54, 1.807) is 22.2 Å². The van der Waals surface area contributed by atoms with Crippen LogP contribution < -0.4 is 4.72 Å². The van der Waals surface area contributed by atoms with E-state index in [0.717, 1.165) is 0 Å². The molecule has 3 aliphatic rings. The molecule has 0 radical (unpaired) electrons. The van der Waals surface area contributed by atoms with Crippen molar-refractivity contribution in [2.75, 3.05) is 26.2 Å². The van der Waals surface area contributed by atoms with Crippen molar-refractivity contribution in [3.63, 3.8) is 0 Å². The van der Waals surface area contributed by atoms with E-state index in [2.05, 4.69) is 25.6 Å². The number of carbonyl (C=O) groups is 2. The Morgan fingerprint density at radius 3 is 2.51 bits per heavy atom. The zero-order valence-corrected chi connectivity index (χ0v) is 25.0. The number of hydrogen-bond acceptors (Lipinski definition) is 7. The molecular formula is C25H31BrClN5O6S. The van der Waals surface area contributed by atoms with E-state index >= 15 is 0 Å². The maximum absolute atomic E-state index is 13.3. The molecule has 2 aliphatic heterocycles. The van der Waals surface area contributed by atoms with Gasteiger partial charge in [0, 0.05) is 60.5 Å². The molecule has 1 aromatic carbocycles. The van der Waals surface area contributed by atoms with Gasteiger partial charge in [0.25, 0.3) is 5.91 Å². The zero-order valence-electron chi connectivity index (χ0n) is 21.9. The first-order valence-electron chi connectivity index (χ1n) is 12.7. The lowest BCUT2D eigenvalue weighted by Gasteiger charge is -2.59. The highest BCUT2D eigenvalue weighted by Gasteiger charge is 2.55. The molecule has 5 rings (SSSR count). The van der Waals surface area contributed by atoms with Crippen LogP contribution in [-0.2, 0) is 14.8 Å². The van der Waals surface area contributed by atoms with Gasteiger partial charge >= 0.3 is 6.09 Å². The minimum atomic E-state index is -4.03. The fourth-order valence-corrected chi connectivity index (χ4v) is 8.03. The summed E-state index contributed by atoms with van der Waals surface area (Å²) in [6.45, 7) is 7.70. The maximum atomic E-state index is 13.3. The molecule has 3 heterocycles. The number of sulfonamides is 1. The van der Waals surface area contributed by atoms with Crippen LogP contribution in [0.3, 0.4) is 0 Å². The smallest absolute Gasteiger partial charge is 0.410 e. The number of carbonyl (C=O) groups excluding carboxylic acids is 2. The van der Waals surface area contributed by atoms with Crippen molar-refractivity contribution >= 4 is 49.6 Å². The fraction of sp³-hybridized carbons (Fsp3) is 0.560. The third kappa shape index (κ3) is 5.63. The number of nitrogens with one attached hydrogen (secondary N) is 1. The number of phenols is 1. The van der Waals surface area contributed by atoms with Crippen LogP contribution >= 0.6 is 27.5 Å². The molecule has 1 saturated carbocycles. The molecule has 0 bridgehead atoms. The highest BCUT2D eigenvalue weighted by molar-refractivity contribution is 9.10. The molecule has 14 heteroatoms. The molecule has 2 aromatic rings. The van der Waals surface area contributed by atoms with Crippen LogP contribution in [0.25, 0.3) is 0 Å². The molecule has 2 N–H and O–H groups in total. The molecule has 1 aromatic heterocycles. The number of amides is 2. The normalized spacial score (nSPS) is 22.5. The van der Waals surface area contributed by atoms with Crippen LogP contribution in [0, 0.1) is 5.41 Å². The molecule has 1 aliphatic carbocycles. The summed E-state index contributed by atoms with van der Waals surface area (Å²) in [5, 5.41) is 10.1. The van der Waals surface area contributed by atoms with E-state index in [4.69, 9.17) is 16.3 Å². The molecule has 11 nitrogen and oxygen atoms in total.